The summed E-state index contributed by atoms with van der Waals surface area (Å²) in [5.41, 5.74) is 0. The molecule has 0 aromatic heterocycles. The van der Waals surface area contributed by atoms with Crippen LogP contribution in [0.4, 0.5) is 0 Å². The molecule has 6 atom stereocenters. The van der Waals surface area contributed by atoms with Crippen LogP contribution in [0.5, 0.6) is 0 Å². The minimum atomic E-state index is -2.24. The Morgan fingerprint density at radius 2 is 2.00 bits per heavy atom. The predicted octanol–water partition coefficient (Wildman–Crippen LogP) is -2.58. The fourth-order valence-electron chi connectivity index (χ4n) is 2.34. The zero-order valence-electron chi connectivity index (χ0n) is 12.2. The van der Waals surface area contributed by atoms with Gasteiger partial charge in [-0.1, -0.05) is 7.43 Å². The molecule has 1 saturated heterocycles. The highest BCUT2D eigenvalue weighted by Crippen LogP contribution is 2.32. The molecular formula is C13H25NO9. The molecule has 6 N–H and O–H groups in total. The molecule has 0 bridgehead atoms. The number of carboxylic acids is 1. The van der Waals surface area contributed by atoms with Gasteiger partial charge in [0.1, 0.15) is 18.3 Å². The second-order valence-electron chi connectivity index (χ2n) is 5.08. The number of aliphatic hydroxyl groups excluding tert-OH is 4. The van der Waals surface area contributed by atoms with Crippen LogP contribution < -0.4 is 5.32 Å². The van der Waals surface area contributed by atoms with Crippen molar-refractivity contribution in [3.63, 3.8) is 0 Å². The Hall–Kier alpha value is -1.30. The Balaban J connectivity index is 0.00000484. The summed E-state index contributed by atoms with van der Waals surface area (Å²) in [6.45, 7) is 0.338. The largest absolute Gasteiger partial charge is 0.477 e. The fraction of sp³-hybridized carbons (Fsp3) is 0.846. The number of hydrogen-bond acceptors (Lipinski definition) is 8. The Labute approximate surface area is 133 Å². The zero-order chi connectivity index (χ0) is 17.1. The summed E-state index contributed by atoms with van der Waals surface area (Å²) in [6, 6.07) is -1.18. The third-order valence-electron chi connectivity index (χ3n) is 3.52. The van der Waals surface area contributed by atoms with Crippen LogP contribution in [0.2, 0.25) is 0 Å². The van der Waals surface area contributed by atoms with E-state index in [0.717, 1.165) is 14.0 Å². The number of carboxylic acid groups (broad SMARTS) is 1. The van der Waals surface area contributed by atoms with Crippen molar-refractivity contribution in [3.8, 4) is 0 Å². The Morgan fingerprint density at radius 3 is 2.39 bits per heavy atom. The van der Waals surface area contributed by atoms with Gasteiger partial charge in [-0.25, -0.2) is 4.79 Å². The average Bonchev–Trinajstić information content (AvgIpc) is 2.46. The van der Waals surface area contributed by atoms with E-state index < -0.39 is 61.1 Å². The quantitative estimate of drug-likeness (QED) is 0.304. The second-order valence-corrected chi connectivity index (χ2v) is 5.08. The molecule has 23 heavy (non-hydrogen) atoms. The third-order valence-corrected chi connectivity index (χ3v) is 3.52. The van der Waals surface area contributed by atoms with Crippen LogP contribution in [0.15, 0.2) is 0 Å². The van der Waals surface area contributed by atoms with Crippen molar-refractivity contribution < 1.29 is 44.6 Å². The van der Waals surface area contributed by atoms with Crippen LogP contribution in [-0.2, 0) is 19.1 Å². The summed E-state index contributed by atoms with van der Waals surface area (Å²) in [5.74, 6) is -4.33. The van der Waals surface area contributed by atoms with E-state index in [1.165, 1.54) is 0 Å². The molecule has 0 aromatic carbocycles. The summed E-state index contributed by atoms with van der Waals surface area (Å²) in [6.07, 6.45) is -6.84. The van der Waals surface area contributed by atoms with E-state index in [-0.39, 0.29) is 7.43 Å². The van der Waals surface area contributed by atoms with Crippen molar-refractivity contribution in [1.82, 2.24) is 5.32 Å². The van der Waals surface area contributed by atoms with E-state index in [1.807, 2.05) is 0 Å². The maximum Gasteiger partial charge on any atom is 0.364 e. The van der Waals surface area contributed by atoms with Gasteiger partial charge >= 0.3 is 5.97 Å². The summed E-state index contributed by atoms with van der Waals surface area (Å²) in [7, 11) is 1.05. The molecule has 1 aliphatic heterocycles. The molecule has 1 amide bonds. The highest BCUT2D eigenvalue weighted by Gasteiger charge is 2.55. The molecule has 1 heterocycles. The van der Waals surface area contributed by atoms with E-state index in [1.54, 1.807) is 0 Å². The molecule has 6 unspecified atom stereocenters. The van der Waals surface area contributed by atoms with E-state index in [0.29, 0.717) is 0 Å². The molecule has 1 fully saturated rings. The van der Waals surface area contributed by atoms with Crippen molar-refractivity contribution >= 4 is 11.9 Å². The SMILES string of the molecule is C.COC1(C(=O)O)CC(O)C(NC(C)=O)C(C(O)C(O)CO)O1. The van der Waals surface area contributed by atoms with E-state index >= 15 is 0 Å². The topological polar surface area (TPSA) is 166 Å². The van der Waals surface area contributed by atoms with Crippen molar-refractivity contribution in [3.05, 3.63) is 0 Å². The van der Waals surface area contributed by atoms with Gasteiger partial charge in [-0.2, -0.15) is 0 Å². The molecular weight excluding hydrogens is 314 g/mol. The van der Waals surface area contributed by atoms with Crippen LogP contribution in [0.25, 0.3) is 0 Å². The maximum atomic E-state index is 11.3. The summed E-state index contributed by atoms with van der Waals surface area (Å²) < 4.78 is 10.0. The highest BCUT2D eigenvalue weighted by atomic mass is 16.7. The van der Waals surface area contributed by atoms with Gasteiger partial charge in [0.2, 0.25) is 5.91 Å². The highest BCUT2D eigenvalue weighted by molar-refractivity contribution is 5.76. The number of nitrogens with one attached hydrogen (secondary N) is 1. The summed E-state index contributed by atoms with van der Waals surface area (Å²) in [4.78, 5) is 22.6. The van der Waals surface area contributed by atoms with Gasteiger partial charge in [-0.05, 0) is 0 Å². The van der Waals surface area contributed by atoms with Crippen molar-refractivity contribution in [2.24, 2.45) is 0 Å². The number of rotatable bonds is 6. The first-order valence-corrected chi connectivity index (χ1v) is 6.57. The lowest BCUT2D eigenvalue weighted by Crippen LogP contribution is -2.67. The molecule has 1 aliphatic rings. The van der Waals surface area contributed by atoms with E-state index in [2.05, 4.69) is 5.32 Å². The molecule has 10 heteroatoms. The molecule has 0 radical (unpaired) electrons. The number of carbonyl (C=O) groups excluding carboxylic acids is 1. The van der Waals surface area contributed by atoms with Gasteiger partial charge in [0.25, 0.3) is 5.79 Å². The Morgan fingerprint density at radius 1 is 1.43 bits per heavy atom. The minimum Gasteiger partial charge on any atom is -0.477 e. The van der Waals surface area contributed by atoms with Gasteiger partial charge in [-0.3, -0.25) is 4.79 Å². The molecule has 136 valence electrons. The lowest BCUT2D eigenvalue weighted by atomic mass is 9.88. The first kappa shape index (κ1) is 21.7. The van der Waals surface area contributed by atoms with Crippen molar-refractivity contribution in [2.75, 3.05) is 13.7 Å². The molecule has 10 nitrogen and oxygen atoms in total. The first-order valence-electron chi connectivity index (χ1n) is 6.57. The van der Waals surface area contributed by atoms with Crippen molar-refractivity contribution in [2.45, 2.75) is 57.0 Å². The number of aliphatic carboxylic acids is 1. The third kappa shape index (κ3) is 4.59. The average molecular weight is 339 g/mol. The summed E-state index contributed by atoms with van der Waals surface area (Å²) >= 11 is 0. The van der Waals surface area contributed by atoms with Gasteiger partial charge in [0, 0.05) is 20.5 Å². The van der Waals surface area contributed by atoms with Crippen LogP contribution >= 0.6 is 0 Å². The smallest absolute Gasteiger partial charge is 0.364 e. The fourth-order valence-corrected chi connectivity index (χ4v) is 2.34. The lowest BCUT2D eigenvalue weighted by Gasteiger charge is -2.46. The molecule has 0 saturated carbocycles. The molecule has 0 spiro atoms. The Bertz CT molecular complexity index is 418. The number of methoxy groups -OCH3 is 1. The van der Waals surface area contributed by atoms with Crippen LogP contribution in [0.1, 0.15) is 20.8 Å². The lowest BCUT2D eigenvalue weighted by molar-refractivity contribution is -0.303. The standard InChI is InChI=1S/C12H21NO9.CH4/c1-5(15)13-8-6(16)3-12(21-2,11(19)20)22-10(8)9(18)7(17)4-14;/h6-10,14,16-18H,3-4H2,1-2H3,(H,13,15)(H,19,20);1H4. The van der Waals surface area contributed by atoms with Crippen LogP contribution in [0, 0.1) is 0 Å². The van der Waals surface area contributed by atoms with Gasteiger partial charge < -0.3 is 40.3 Å². The maximum absolute atomic E-state index is 11.3. The molecule has 0 aromatic rings. The summed E-state index contributed by atoms with van der Waals surface area (Å²) in [5, 5.41) is 50.1. The number of hydrogen-bond donors (Lipinski definition) is 6. The minimum absolute atomic E-state index is 0. The molecule has 0 aliphatic carbocycles. The van der Waals surface area contributed by atoms with Crippen LogP contribution in [-0.4, -0.2) is 87.4 Å². The van der Waals surface area contributed by atoms with Crippen LogP contribution in [0.3, 0.4) is 0 Å². The molecule has 1 rings (SSSR count). The number of carbonyl (C=O) groups is 2. The second kappa shape index (κ2) is 8.52. The Kier molecular flexibility index (Phi) is 8.04. The van der Waals surface area contributed by atoms with Gasteiger partial charge in [-0.15, -0.1) is 0 Å². The number of aliphatic hydroxyl groups is 4. The first-order chi connectivity index (χ1) is 10.2. The zero-order valence-corrected chi connectivity index (χ0v) is 12.2. The number of ether oxygens (including phenoxy) is 2. The normalized spacial score (nSPS) is 33.2. The predicted molar refractivity (Wildman–Crippen MR) is 76.3 cm³/mol. The van der Waals surface area contributed by atoms with Gasteiger partial charge in [0.05, 0.1) is 18.8 Å². The van der Waals surface area contributed by atoms with E-state index in [9.17, 15) is 30.0 Å². The van der Waals surface area contributed by atoms with E-state index in [4.69, 9.17) is 14.6 Å². The monoisotopic (exact) mass is 339 g/mol. The van der Waals surface area contributed by atoms with Gasteiger partial charge in [0.15, 0.2) is 0 Å². The number of amides is 1. The van der Waals surface area contributed by atoms with Crippen molar-refractivity contribution in [1.29, 1.82) is 0 Å².